The molecule has 0 saturated carbocycles. The number of hydrogen-bond acceptors (Lipinski definition) is 2. The van der Waals surface area contributed by atoms with E-state index in [-0.39, 0.29) is 0 Å². The molecule has 1 heterocycles. The fourth-order valence-corrected chi connectivity index (χ4v) is 2.73. The van der Waals surface area contributed by atoms with Crippen LogP contribution in [0.4, 0.5) is 0 Å². The summed E-state index contributed by atoms with van der Waals surface area (Å²) in [5.74, 6) is 0. The minimum Gasteiger partial charge on any atom is -0.310 e. The Kier molecular flexibility index (Phi) is 5.74. The Morgan fingerprint density at radius 2 is 2.15 bits per heavy atom. The Balaban J connectivity index is 2.24. The molecule has 0 spiro atoms. The molecule has 3 heteroatoms. The van der Waals surface area contributed by atoms with Crippen molar-refractivity contribution in [3.8, 4) is 0 Å². The van der Waals surface area contributed by atoms with Gasteiger partial charge in [0.2, 0.25) is 0 Å². The van der Waals surface area contributed by atoms with Crippen LogP contribution in [0.15, 0.2) is 47.2 Å². The van der Waals surface area contributed by atoms with E-state index in [0.717, 1.165) is 23.9 Å². The first-order valence-corrected chi connectivity index (χ1v) is 7.88. The molecule has 0 aliphatic carbocycles. The quantitative estimate of drug-likeness (QED) is 0.846. The van der Waals surface area contributed by atoms with E-state index in [4.69, 9.17) is 0 Å². The maximum Gasteiger partial charge on any atom is 0.0364 e. The summed E-state index contributed by atoms with van der Waals surface area (Å²) in [6, 6.07) is 11.0. The van der Waals surface area contributed by atoms with Gasteiger partial charge in [-0.3, -0.25) is 4.98 Å². The summed E-state index contributed by atoms with van der Waals surface area (Å²) >= 11 is 3.58. The van der Waals surface area contributed by atoms with Gasteiger partial charge in [0.05, 0.1) is 0 Å². The third-order valence-electron chi connectivity index (χ3n) is 3.42. The zero-order valence-corrected chi connectivity index (χ0v) is 13.7. The molecule has 106 valence electrons. The molecule has 0 amide bonds. The summed E-state index contributed by atoms with van der Waals surface area (Å²) in [4.78, 5) is 4.21. The van der Waals surface area contributed by atoms with Crippen LogP contribution < -0.4 is 5.32 Å². The van der Waals surface area contributed by atoms with Crippen molar-refractivity contribution >= 4 is 15.9 Å². The third kappa shape index (κ3) is 4.15. The summed E-state index contributed by atoms with van der Waals surface area (Å²) < 4.78 is 1.13. The molecule has 2 nitrogen and oxygen atoms in total. The second kappa shape index (κ2) is 7.55. The first kappa shape index (κ1) is 15.2. The van der Waals surface area contributed by atoms with Gasteiger partial charge in [0, 0.05) is 22.9 Å². The van der Waals surface area contributed by atoms with Crippen LogP contribution in [0.1, 0.15) is 36.1 Å². The Morgan fingerprint density at radius 3 is 2.85 bits per heavy atom. The molecule has 0 radical (unpaired) electrons. The van der Waals surface area contributed by atoms with Gasteiger partial charge in [0.25, 0.3) is 0 Å². The molecule has 0 aliphatic heterocycles. The third-order valence-corrected chi connectivity index (χ3v) is 3.91. The molecule has 0 bridgehead atoms. The Morgan fingerprint density at radius 1 is 1.30 bits per heavy atom. The Hall–Kier alpha value is -1.19. The van der Waals surface area contributed by atoms with Gasteiger partial charge in [0.15, 0.2) is 0 Å². The highest BCUT2D eigenvalue weighted by Crippen LogP contribution is 2.25. The van der Waals surface area contributed by atoms with Crippen molar-refractivity contribution in [1.29, 1.82) is 0 Å². The van der Waals surface area contributed by atoms with Crippen LogP contribution in [0, 0.1) is 6.92 Å². The molecule has 1 aromatic carbocycles. The highest BCUT2D eigenvalue weighted by atomic mass is 79.9. The van der Waals surface area contributed by atoms with Crippen molar-refractivity contribution in [1.82, 2.24) is 10.3 Å². The van der Waals surface area contributed by atoms with Gasteiger partial charge < -0.3 is 5.32 Å². The lowest BCUT2D eigenvalue weighted by Crippen LogP contribution is -2.25. The number of halogens is 1. The standard InChI is InChI=1S/C17H21BrN2/c1-3-8-20-17(10-14-5-4-9-19-12-14)16-11-15(18)7-6-13(16)2/h4-7,9,11-12,17,20H,3,8,10H2,1-2H3. The smallest absolute Gasteiger partial charge is 0.0364 e. The monoisotopic (exact) mass is 332 g/mol. The number of aryl methyl sites for hydroxylation is 1. The minimum atomic E-state index is 0.330. The molecule has 1 N–H and O–H groups in total. The molecular weight excluding hydrogens is 312 g/mol. The molecular formula is C17H21BrN2. The van der Waals surface area contributed by atoms with Crippen LogP contribution in [-0.2, 0) is 6.42 Å². The van der Waals surface area contributed by atoms with E-state index in [1.165, 1.54) is 16.7 Å². The molecule has 1 unspecified atom stereocenters. The largest absolute Gasteiger partial charge is 0.310 e. The highest BCUT2D eigenvalue weighted by molar-refractivity contribution is 9.10. The van der Waals surface area contributed by atoms with E-state index >= 15 is 0 Å². The van der Waals surface area contributed by atoms with Crippen LogP contribution in [0.2, 0.25) is 0 Å². The van der Waals surface area contributed by atoms with Crippen molar-refractivity contribution in [3.05, 3.63) is 63.9 Å². The fraction of sp³-hybridized carbons (Fsp3) is 0.353. The van der Waals surface area contributed by atoms with E-state index in [1.54, 1.807) is 0 Å². The number of benzene rings is 1. The molecule has 1 aromatic heterocycles. The summed E-state index contributed by atoms with van der Waals surface area (Å²) in [5, 5.41) is 3.65. The zero-order valence-electron chi connectivity index (χ0n) is 12.1. The molecule has 0 fully saturated rings. The van der Waals surface area contributed by atoms with E-state index in [2.05, 4.69) is 64.3 Å². The van der Waals surface area contributed by atoms with Crippen LogP contribution in [-0.4, -0.2) is 11.5 Å². The summed E-state index contributed by atoms with van der Waals surface area (Å²) in [6.45, 7) is 5.39. The Labute approximate surface area is 129 Å². The number of hydrogen-bond donors (Lipinski definition) is 1. The Bertz CT molecular complexity index is 540. The average molecular weight is 333 g/mol. The number of nitrogens with one attached hydrogen (secondary N) is 1. The van der Waals surface area contributed by atoms with Crippen LogP contribution in [0.25, 0.3) is 0 Å². The van der Waals surface area contributed by atoms with Crippen molar-refractivity contribution in [2.24, 2.45) is 0 Å². The van der Waals surface area contributed by atoms with Gasteiger partial charge in [-0.05, 0) is 61.2 Å². The van der Waals surface area contributed by atoms with Crippen molar-refractivity contribution < 1.29 is 0 Å². The van der Waals surface area contributed by atoms with Gasteiger partial charge in [-0.1, -0.05) is 35.0 Å². The summed E-state index contributed by atoms with van der Waals surface area (Å²) in [5.41, 5.74) is 3.95. The molecule has 0 saturated heterocycles. The van der Waals surface area contributed by atoms with Crippen molar-refractivity contribution in [3.63, 3.8) is 0 Å². The highest BCUT2D eigenvalue weighted by Gasteiger charge is 2.14. The molecule has 2 rings (SSSR count). The van der Waals surface area contributed by atoms with Gasteiger partial charge in [-0.25, -0.2) is 0 Å². The van der Waals surface area contributed by atoms with Gasteiger partial charge >= 0.3 is 0 Å². The van der Waals surface area contributed by atoms with Crippen LogP contribution in [0.3, 0.4) is 0 Å². The first-order chi connectivity index (χ1) is 9.70. The number of pyridine rings is 1. The lowest BCUT2D eigenvalue weighted by Gasteiger charge is -2.21. The average Bonchev–Trinajstić information content (AvgIpc) is 2.47. The SMILES string of the molecule is CCCNC(Cc1cccnc1)c1cc(Br)ccc1C. The lowest BCUT2D eigenvalue weighted by atomic mass is 9.96. The van der Waals surface area contributed by atoms with E-state index in [0.29, 0.717) is 6.04 Å². The summed E-state index contributed by atoms with van der Waals surface area (Å²) in [7, 11) is 0. The second-order valence-corrected chi connectivity index (χ2v) is 5.99. The van der Waals surface area contributed by atoms with E-state index in [9.17, 15) is 0 Å². The van der Waals surface area contributed by atoms with Gasteiger partial charge in [-0.2, -0.15) is 0 Å². The van der Waals surface area contributed by atoms with Gasteiger partial charge in [0.1, 0.15) is 0 Å². The summed E-state index contributed by atoms with van der Waals surface area (Å²) in [6.07, 6.45) is 5.87. The zero-order chi connectivity index (χ0) is 14.4. The maximum absolute atomic E-state index is 4.21. The predicted octanol–water partition coefficient (Wildman–Crippen LogP) is 4.44. The predicted molar refractivity (Wildman–Crippen MR) is 87.9 cm³/mol. The van der Waals surface area contributed by atoms with Crippen LogP contribution in [0.5, 0.6) is 0 Å². The number of nitrogens with zero attached hydrogens (tertiary/aromatic N) is 1. The number of aromatic nitrogens is 1. The van der Waals surface area contributed by atoms with E-state index in [1.807, 2.05) is 18.5 Å². The van der Waals surface area contributed by atoms with Crippen molar-refractivity contribution in [2.75, 3.05) is 6.54 Å². The van der Waals surface area contributed by atoms with Crippen molar-refractivity contribution in [2.45, 2.75) is 32.7 Å². The first-order valence-electron chi connectivity index (χ1n) is 7.09. The topological polar surface area (TPSA) is 24.9 Å². The molecule has 0 aliphatic rings. The van der Waals surface area contributed by atoms with Crippen LogP contribution >= 0.6 is 15.9 Å². The van der Waals surface area contributed by atoms with Gasteiger partial charge in [-0.15, -0.1) is 0 Å². The fourth-order valence-electron chi connectivity index (χ4n) is 2.35. The molecule has 1 atom stereocenters. The van der Waals surface area contributed by atoms with E-state index < -0.39 is 0 Å². The lowest BCUT2D eigenvalue weighted by molar-refractivity contribution is 0.526. The molecule has 2 aromatic rings. The minimum absolute atomic E-state index is 0.330. The second-order valence-electron chi connectivity index (χ2n) is 5.07. The maximum atomic E-state index is 4.21. The normalized spacial score (nSPS) is 12.3. The molecule has 20 heavy (non-hydrogen) atoms. The number of rotatable bonds is 6.